The van der Waals surface area contributed by atoms with Crippen molar-refractivity contribution in [3.8, 4) is 6.07 Å². The standard InChI is InChI=1S/C12H11N5OS/c1-17-8-14-16-12(17)19-7-11(18)15-10-5-3-2-4-9(10)6-13/h2-5,8H,7H2,1H3,(H,15,18). The lowest BCUT2D eigenvalue weighted by molar-refractivity contribution is -0.113. The lowest BCUT2D eigenvalue weighted by Gasteiger charge is -2.06. The number of aromatic nitrogens is 3. The first-order chi connectivity index (χ1) is 9.20. The minimum Gasteiger partial charge on any atom is -0.324 e. The van der Waals surface area contributed by atoms with Gasteiger partial charge in [-0.1, -0.05) is 23.9 Å². The molecule has 0 saturated heterocycles. The number of nitrogens with one attached hydrogen (secondary N) is 1. The Morgan fingerprint density at radius 2 is 2.32 bits per heavy atom. The summed E-state index contributed by atoms with van der Waals surface area (Å²) >= 11 is 1.29. The zero-order valence-electron chi connectivity index (χ0n) is 10.2. The Hall–Kier alpha value is -2.33. The van der Waals surface area contributed by atoms with E-state index in [1.807, 2.05) is 13.1 Å². The summed E-state index contributed by atoms with van der Waals surface area (Å²) in [6, 6.07) is 8.91. The molecule has 1 aromatic carbocycles. The Morgan fingerprint density at radius 3 is 3.00 bits per heavy atom. The van der Waals surface area contributed by atoms with Crippen molar-refractivity contribution in [3.05, 3.63) is 36.2 Å². The minimum atomic E-state index is -0.185. The second kappa shape index (κ2) is 6.02. The zero-order valence-corrected chi connectivity index (χ0v) is 11.0. The average Bonchev–Trinajstić information content (AvgIpc) is 2.82. The molecule has 1 amide bonds. The van der Waals surface area contributed by atoms with E-state index in [4.69, 9.17) is 5.26 Å². The summed E-state index contributed by atoms with van der Waals surface area (Å²) in [4.78, 5) is 11.8. The first-order valence-electron chi connectivity index (χ1n) is 5.46. The van der Waals surface area contributed by atoms with Crippen LogP contribution in [0.25, 0.3) is 0 Å². The van der Waals surface area contributed by atoms with Crippen LogP contribution in [0, 0.1) is 11.3 Å². The molecule has 0 unspecified atom stereocenters. The third kappa shape index (κ3) is 3.33. The Kier molecular flexibility index (Phi) is 4.15. The summed E-state index contributed by atoms with van der Waals surface area (Å²) in [6.07, 6.45) is 1.57. The topological polar surface area (TPSA) is 83.6 Å². The van der Waals surface area contributed by atoms with Gasteiger partial charge in [0.05, 0.1) is 17.0 Å². The van der Waals surface area contributed by atoms with E-state index >= 15 is 0 Å². The molecule has 0 bridgehead atoms. The number of carbonyl (C=O) groups excluding carboxylic acids is 1. The third-order valence-corrected chi connectivity index (χ3v) is 3.36. The van der Waals surface area contributed by atoms with Crippen molar-refractivity contribution in [1.82, 2.24) is 14.8 Å². The number of benzene rings is 1. The molecule has 0 saturated carbocycles. The van der Waals surface area contributed by atoms with Gasteiger partial charge in [0, 0.05) is 7.05 Å². The van der Waals surface area contributed by atoms with E-state index in [-0.39, 0.29) is 11.7 Å². The van der Waals surface area contributed by atoms with Gasteiger partial charge in [0.15, 0.2) is 5.16 Å². The van der Waals surface area contributed by atoms with Crippen molar-refractivity contribution in [3.63, 3.8) is 0 Å². The number of aryl methyl sites for hydroxylation is 1. The van der Waals surface area contributed by atoms with E-state index in [9.17, 15) is 4.79 Å². The highest BCUT2D eigenvalue weighted by Crippen LogP contribution is 2.16. The summed E-state index contributed by atoms with van der Waals surface area (Å²) in [5.41, 5.74) is 0.966. The number of hydrogen-bond acceptors (Lipinski definition) is 5. The Balaban J connectivity index is 1.95. The van der Waals surface area contributed by atoms with Gasteiger partial charge in [0.25, 0.3) is 0 Å². The number of rotatable bonds is 4. The normalized spacial score (nSPS) is 9.89. The third-order valence-electron chi connectivity index (χ3n) is 2.32. The number of hydrogen-bond donors (Lipinski definition) is 1. The largest absolute Gasteiger partial charge is 0.324 e. The molecule has 0 aliphatic rings. The second-order valence-corrected chi connectivity index (χ2v) is 4.66. The fourth-order valence-corrected chi connectivity index (χ4v) is 2.10. The molecule has 96 valence electrons. The number of nitriles is 1. The Bertz CT molecular complexity index is 631. The lowest BCUT2D eigenvalue weighted by Crippen LogP contribution is -2.15. The number of anilines is 1. The average molecular weight is 273 g/mol. The maximum Gasteiger partial charge on any atom is 0.234 e. The van der Waals surface area contributed by atoms with Crippen LogP contribution >= 0.6 is 11.8 Å². The van der Waals surface area contributed by atoms with Crippen LogP contribution < -0.4 is 5.32 Å². The van der Waals surface area contributed by atoms with Crippen molar-refractivity contribution in [2.45, 2.75) is 5.16 Å². The highest BCUT2D eigenvalue weighted by atomic mass is 32.2. The number of thioether (sulfide) groups is 1. The van der Waals surface area contributed by atoms with Crippen LogP contribution in [-0.4, -0.2) is 26.4 Å². The predicted octanol–water partition coefficient (Wildman–Crippen LogP) is 1.42. The highest BCUT2D eigenvalue weighted by molar-refractivity contribution is 7.99. The fourth-order valence-electron chi connectivity index (χ4n) is 1.41. The van der Waals surface area contributed by atoms with Crippen molar-refractivity contribution in [2.24, 2.45) is 7.05 Å². The van der Waals surface area contributed by atoms with E-state index in [2.05, 4.69) is 15.5 Å². The van der Waals surface area contributed by atoms with Gasteiger partial charge in [-0.3, -0.25) is 4.79 Å². The molecular weight excluding hydrogens is 262 g/mol. The first kappa shape index (κ1) is 13.1. The van der Waals surface area contributed by atoms with Crippen LogP contribution in [0.5, 0.6) is 0 Å². The van der Waals surface area contributed by atoms with Gasteiger partial charge in [0.2, 0.25) is 5.91 Å². The molecule has 0 atom stereocenters. The molecule has 0 aliphatic heterocycles. The van der Waals surface area contributed by atoms with E-state index in [1.165, 1.54) is 11.8 Å². The van der Waals surface area contributed by atoms with Crippen molar-refractivity contribution >= 4 is 23.4 Å². The smallest absolute Gasteiger partial charge is 0.234 e. The van der Waals surface area contributed by atoms with E-state index in [1.54, 1.807) is 35.2 Å². The molecular formula is C12H11N5OS. The molecule has 19 heavy (non-hydrogen) atoms. The van der Waals surface area contributed by atoms with Gasteiger partial charge in [-0.2, -0.15) is 5.26 Å². The van der Waals surface area contributed by atoms with Crippen molar-refractivity contribution in [1.29, 1.82) is 5.26 Å². The zero-order chi connectivity index (χ0) is 13.7. The molecule has 0 fully saturated rings. The molecule has 6 nitrogen and oxygen atoms in total. The van der Waals surface area contributed by atoms with Crippen molar-refractivity contribution in [2.75, 3.05) is 11.1 Å². The maximum absolute atomic E-state index is 11.8. The molecule has 1 heterocycles. The van der Waals surface area contributed by atoms with E-state index in [0.717, 1.165) is 0 Å². The van der Waals surface area contributed by atoms with Crippen LogP contribution in [0.4, 0.5) is 5.69 Å². The monoisotopic (exact) mass is 273 g/mol. The maximum atomic E-state index is 11.8. The fraction of sp³-hybridized carbons (Fsp3) is 0.167. The van der Waals surface area contributed by atoms with Gasteiger partial charge in [0.1, 0.15) is 12.4 Å². The molecule has 2 aromatic rings. The van der Waals surface area contributed by atoms with Gasteiger partial charge in [-0.05, 0) is 12.1 Å². The molecule has 2 rings (SSSR count). The molecule has 0 aliphatic carbocycles. The van der Waals surface area contributed by atoms with Gasteiger partial charge in [-0.15, -0.1) is 10.2 Å². The van der Waals surface area contributed by atoms with Crippen LogP contribution in [-0.2, 0) is 11.8 Å². The van der Waals surface area contributed by atoms with Gasteiger partial charge in [-0.25, -0.2) is 0 Å². The number of para-hydroxylation sites is 1. The van der Waals surface area contributed by atoms with E-state index in [0.29, 0.717) is 16.4 Å². The quantitative estimate of drug-likeness (QED) is 0.852. The van der Waals surface area contributed by atoms with Gasteiger partial charge < -0.3 is 9.88 Å². The van der Waals surface area contributed by atoms with E-state index < -0.39 is 0 Å². The molecule has 0 radical (unpaired) electrons. The first-order valence-corrected chi connectivity index (χ1v) is 6.45. The van der Waals surface area contributed by atoms with Crippen molar-refractivity contribution < 1.29 is 4.79 Å². The van der Waals surface area contributed by atoms with Gasteiger partial charge >= 0.3 is 0 Å². The Labute approximate surface area is 114 Å². The summed E-state index contributed by atoms with van der Waals surface area (Å²) in [5.74, 6) is 0.0300. The summed E-state index contributed by atoms with van der Waals surface area (Å²) in [6.45, 7) is 0. The lowest BCUT2D eigenvalue weighted by atomic mass is 10.2. The Morgan fingerprint density at radius 1 is 1.53 bits per heavy atom. The minimum absolute atomic E-state index is 0.185. The molecule has 1 N–H and O–H groups in total. The summed E-state index contributed by atoms with van der Waals surface area (Å²) < 4.78 is 1.74. The summed E-state index contributed by atoms with van der Waals surface area (Å²) in [5, 5.41) is 19.9. The van der Waals surface area contributed by atoms with Crippen LogP contribution in [0.15, 0.2) is 35.7 Å². The van der Waals surface area contributed by atoms with Crippen LogP contribution in [0.1, 0.15) is 5.56 Å². The molecule has 0 spiro atoms. The van der Waals surface area contributed by atoms with Crippen LogP contribution in [0.3, 0.4) is 0 Å². The molecule has 1 aromatic heterocycles. The molecule has 7 heteroatoms. The summed E-state index contributed by atoms with van der Waals surface area (Å²) in [7, 11) is 1.81. The predicted molar refractivity (Wildman–Crippen MR) is 71.5 cm³/mol. The number of carbonyl (C=O) groups is 1. The second-order valence-electron chi connectivity index (χ2n) is 3.72. The SMILES string of the molecule is Cn1cnnc1SCC(=O)Nc1ccccc1C#N. The number of amides is 1. The van der Waals surface area contributed by atoms with Crippen LogP contribution in [0.2, 0.25) is 0 Å². The number of nitrogens with zero attached hydrogens (tertiary/aromatic N) is 4. The highest BCUT2D eigenvalue weighted by Gasteiger charge is 2.09.